The molecule has 0 N–H and O–H groups in total. The van der Waals surface area contributed by atoms with Gasteiger partial charge in [0.15, 0.2) is 15.9 Å². The molecule has 1 aliphatic rings. The van der Waals surface area contributed by atoms with E-state index in [1.165, 1.54) is 11.0 Å². The van der Waals surface area contributed by atoms with Crippen molar-refractivity contribution in [3.63, 3.8) is 0 Å². The van der Waals surface area contributed by atoms with Gasteiger partial charge in [-0.1, -0.05) is 18.2 Å². The molecule has 1 saturated heterocycles. The first-order valence-corrected chi connectivity index (χ1v) is 12.3. The highest BCUT2D eigenvalue weighted by molar-refractivity contribution is 7.91. The monoisotopic (exact) mass is 455 g/mol. The lowest BCUT2D eigenvalue weighted by atomic mass is 9.94. The Balaban J connectivity index is 1.62. The standard InChI is InChI=1S/C24H25NO6S/c1-15-5-4-6-16(2)23(15)20-14-22(26)31-21-13-18(7-8-19(20)21)30-17(3)24(27)25-9-11-32(28,29)12-10-25/h4-8,13-14,17H,9-12H2,1-3H3/t17-/m1/s1. The van der Waals surface area contributed by atoms with Gasteiger partial charge in [-0.15, -0.1) is 0 Å². The number of rotatable bonds is 4. The molecule has 1 aliphatic heterocycles. The maximum Gasteiger partial charge on any atom is 0.336 e. The van der Waals surface area contributed by atoms with E-state index in [4.69, 9.17) is 9.15 Å². The second-order valence-electron chi connectivity index (χ2n) is 8.14. The molecule has 0 saturated carbocycles. The van der Waals surface area contributed by atoms with Crippen LogP contribution in [0.15, 0.2) is 51.7 Å². The molecule has 0 aliphatic carbocycles. The van der Waals surface area contributed by atoms with Gasteiger partial charge in [-0.05, 0) is 49.6 Å². The number of hydrogen-bond donors (Lipinski definition) is 0. The van der Waals surface area contributed by atoms with Crippen molar-refractivity contribution < 1.29 is 22.4 Å². The Morgan fingerprint density at radius 3 is 2.38 bits per heavy atom. The number of benzene rings is 2. The fourth-order valence-corrected chi connectivity index (χ4v) is 5.31. The quantitative estimate of drug-likeness (QED) is 0.561. The summed E-state index contributed by atoms with van der Waals surface area (Å²) < 4.78 is 34.4. The SMILES string of the molecule is Cc1cccc(C)c1-c1cc(=O)oc2cc(O[C@H](C)C(=O)N3CCS(=O)(=O)CC3)ccc12. The van der Waals surface area contributed by atoms with Crippen LogP contribution in [0.2, 0.25) is 0 Å². The van der Waals surface area contributed by atoms with E-state index in [1.807, 2.05) is 38.1 Å². The summed E-state index contributed by atoms with van der Waals surface area (Å²) >= 11 is 0. The van der Waals surface area contributed by atoms with Crippen LogP contribution in [0, 0.1) is 13.8 Å². The Bertz CT molecular complexity index is 1320. The largest absolute Gasteiger partial charge is 0.481 e. The second kappa shape index (κ2) is 8.43. The van der Waals surface area contributed by atoms with Crippen LogP contribution in [-0.2, 0) is 14.6 Å². The number of carbonyl (C=O) groups excluding carboxylic acids is 1. The molecular formula is C24H25NO6S. The number of nitrogens with zero attached hydrogens (tertiary/aromatic N) is 1. The van der Waals surface area contributed by atoms with E-state index >= 15 is 0 Å². The first-order valence-electron chi connectivity index (χ1n) is 10.4. The fraction of sp³-hybridized carbons (Fsp3) is 0.333. The molecule has 2 heterocycles. The summed E-state index contributed by atoms with van der Waals surface area (Å²) in [4.78, 5) is 26.5. The zero-order chi connectivity index (χ0) is 23.0. The van der Waals surface area contributed by atoms with Gasteiger partial charge in [0.2, 0.25) is 0 Å². The molecule has 3 aromatic rings. The molecule has 2 aromatic carbocycles. The van der Waals surface area contributed by atoms with Crippen molar-refractivity contribution in [3.05, 3.63) is 64.0 Å². The number of carbonyl (C=O) groups is 1. The molecule has 0 unspecified atom stereocenters. The van der Waals surface area contributed by atoms with Gasteiger partial charge in [0.1, 0.15) is 11.3 Å². The highest BCUT2D eigenvalue weighted by Crippen LogP contribution is 2.33. The van der Waals surface area contributed by atoms with Crippen molar-refractivity contribution in [2.45, 2.75) is 26.9 Å². The van der Waals surface area contributed by atoms with Gasteiger partial charge in [0.05, 0.1) is 11.5 Å². The predicted molar refractivity (Wildman–Crippen MR) is 123 cm³/mol. The molecule has 7 nitrogen and oxygen atoms in total. The molecule has 1 atom stereocenters. The second-order valence-corrected chi connectivity index (χ2v) is 10.4. The van der Waals surface area contributed by atoms with E-state index in [1.54, 1.807) is 19.1 Å². The van der Waals surface area contributed by atoms with Gasteiger partial charge in [0, 0.05) is 36.2 Å². The van der Waals surface area contributed by atoms with Crippen LogP contribution < -0.4 is 10.4 Å². The van der Waals surface area contributed by atoms with Gasteiger partial charge in [-0.25, -0.2) is 13.2 Å². The van der Waals surface area contributed by atoms with E-state index in [2.05, 4.69) is 0 Å². The lowest BCUT2D eigenvalue weighted by Gasteiger charge is -2.29. The average molecular weight is 456 g/mol. The molecule has 1 fully saturated rings. The Morgan fingerprint density at radius 2 is 1.72 bits per heavy atom. The fourth-order valence-electron chi connectivity index (χ4n) is 4.11. The first kappa shape index (κ1) is 22.1. The normalized spacial score (nSPS) is 16.7. The minimum atomic E-state index is -3.07. The maximum atomic E-state index is 12.7. The van der Waals surface area contributed by atoms with Gasteiger partial charge >= 0.3 is 5.63 Å². The molecule has 4 rings (SSSR count). The topological polar surface area (TPSA) is 93.9 Å². The molecule has 1 amide bonds. The Morgan fingerprint density at radius 1 is 1.06 bits per heavy atom. The molecule has 32 heavy (non-hydrogen) atoms. The zero-order valence-electron chi connectivity index (χ0n) is 18.3. The summed E-state index contributed by atoms with van der Waals surface area (Å²) in [6.45, 7) is 5.96. The lowest BCUT2D eigenvalue weighted by Crippen LogP contribution is -2.48. The van der Waals surface area contributed by atoms with Crippen LogP contribution in [0.1, 0.15) is 18.1 Å². The zero-order valence-corrected chi connectivity index (χ0v) is 19.1. The maximum absolute atomic E-state index is 12.7. The molecule has 168 valence electrons. The third kappa shape index (κ3) is 4.41. The van der Waals surface area contributed by atoms with Crippen molar-refractivity contribution in [1.82, 2.24) is 4.90 Å². The van der Waals surface area contributed by atoms with Gasteiger partial charge in [-0.2, -0.15) is 0 Å². The van der Waals surface area contributed by atoms with E-state index in [0.717, 1.165) is 27.6 Å². The molecule has 1 aromatic heterocycles. The van der Waals surface area contributed by atoms with E-state index in [0.29, 0.717) is 11.3 Å². The lowest BCUT2D eigenvalue weighted by molar-refractivity contribution is -0.137. The third-order valence-corrected chi connectivity index (χ3v) is 7.39. The molecular weight excluding hydrogens is 430 g/mol. The number of fused-ring (bicyclic) bond motifs is 1. The Hall–Kier alpha value is -3.13. The summed E-state index contributed by atoms with van der Waals surface area (Å²) in [5, 5.41) is 0.773. The Kier molecular flexibility index (Phi) is 5.81. The molecule has 0 bridgehead atoms. The number of sulfone groups is 1. The number of amides is 1. The minimum absolute atomic E-state index is 0.0340. The first-order chi connectivity index (χ1) is 15.1. The van der Waals surface area contributed by atoms with Crippen molar-refractivity contribution in [2.75, 3.05) is 24.6 Å². The number of hydrogen-bond acceptors (Lipinski definition) is 6. The summed E-state index contributed by atoms with van der Waals surface area (Å²) in [5.74, 6) is 0.0528. The van der Waals surface area contributed by atoms with Gasteiger partial charge < -0.3 is 14.1 Å². The van der Waals surface area contributed by atoms with Crippen LogP contribution in [0.4, 0.5) is 0 Å². The van der Waals surface area contributed by atoms with Crippen LogP contribution >= 0.6 is 0 Å². The van der Waals surface area contributed by atoms with Crippen LogP contribution in [0.3, 0.4) is 0 Å². The van der Waals surface area contributed by atoms with Crippen molar-refractivity contribution in [1.29, 1.82) is 0 Å². The van der Waals surface area contributed by atoms with E-state index in [-0.39, 0.29) is 30.5 Å². The summed E-state index contributed by atoms with van der Waals surface area (Å²) in [7, 11) is -3.07. The average Bonchev–Trinajstić information content (AvgIpc) is 2.72. The van der Waals surface area contributed by atoms with Crippen molar-refractivity contribution in [2.24, 2.45) is 0 Å². The van der Waals surface area contributed by atoms with Crippen LogP contribution in [0.25, 0.3) is 22.1 Å². The third-order valence-electron chi connectivity index (χ3n) is 5.78. The van der Waals surface area contributed by atoms with Gasteiger partial charge in [-0.3, -0.25) is 4.79 Å². The Labute approximate surface area is 186 Å². The van der Waals surface area contributed by atoms with E-state index in [9.17, 15) is 18.0 Å². The minimum Gasteiger partial charge on any atom is -0.481 e. The summed E-state index contributed by atoms with van der Waals surface area (Å²) in [6, 6.07) is 12.6. The van der Waals surface area contributed by atoms with Crippen molar-refractivity contribution in [3.8, 4) is 16.9 Å². The smallest absolute Gasteiger partial charge is 0.336 e. The number of aryl methyl sites for hydroxylation is 2. The summed E-state index contributed by atoms with van der Waals surface area (Å²) in [6.07, 6.45) is -0.804. The van der Waals surface area contributed by atoms with E-state index < -0.39 is 21.6 Å². The highest BCUT2D eigenvalue weighted by Gasteiger charge is 2.28. The molecule has 0 radical (unpaired) electrons. The molecule has 0 spiro atoms. The van der Waals surface area contributed by atoms with Crippen molar-refractivity contribution >= 4 is 26.7 Å². The van der Waals surface area contributed by atoms with Crippen LogP contribution in [-0.4, -0.2) is 49.9 Å². The summed E-state index contributed by atoms with van der Waals surface area (Å²) in [5.41, 5.74) is 3.79. The number of ether oxygens (including phenoxy) is 1. The predicted octanol–water partition coefficient (Wildman–Crippen LogP) is 3.10. The highest BCUT2D eigenvalue weighted by atomic mass is 32.2. The molecule has 8 heteroatoms. The van der Waals surface area contributed by atoms with Gasteiger partial charge in [0.25, 0.3) is 5.91 Å². The van der Waals surface area contributed by atoms with Crippen LogP contribution in [0.5, 0.6) is 5.75 Å².